The highest BCUT2D eigenvalue weighted by molar-refractivity contribution is 6.36. The number of rotatable bonds is 3. The van der Waals surface area contributed by atoms with Crippen molar-refractivity contribution in [2.75, 3.05) is 0 Å². The first-order chi connectivity index (χ1) is 8.15. The van der Waals surface area contributed by atoms with Crippen molar-refractivity contribution in [3.63, 3.8) is 0 Å². The van der Waals surface area contributed by atoms with Crippen molar-refractivity contribution in [1.29, 1.82) is 0 Å². The largest absolute Gasteiger partial charge is 0.295 e. The van der Waals surface area contributed by atoms with Crippen LogP contribution in [0.4, 0.5) is 5.69 Å². The third-order valence-electron chi connectivity index (χ3n) is 2.44. The summed E-state index contributed by atoms with van der Waals surface area (Å²) < 4.78 is 0. The Balaban J connectivity index is 2.75. The molecule has 0 unspecified atom stereocenters. The van der Waals surface area contributed by atoms with Gasteiger partial charge in [-0.1, -0.05) is 29.8 Å². The number of non-ortho nitro benzene ring substituents is 1. The second kappa shape index (κ2) is 4.51. The third kappa shape index (κ3) is 1.99. The lowest BCUT2D eigenvalue weighted by molar-refractivity contribution is -0.383. The van der Waals surface area contributed by atoms with Crippen molar-refractivity contribution in [2.24, 2.45) is 0 Å². The SMILES string of the molecule is C=CCc1cnc2c([N+](=O)[O-])cccc2c1Cl. The van der Waals surface area contributed by atoms with E-state index < -0.39 is 4.92 Å². The van der Waals surface area contributed by atoms with E-state index in [1.54, 1.807) is 24.4 Å². The molecule has 1 heterocycles. The summed E-state index contributed by atoms with van der Waals surface area (Å²) in [5, 5.41) is 11.9. The molecule has 0 saturated heterocycles. The van der Waals surface area contributed by atoms with Gasteiger partial charge in [-0.05, 0) is 12.0 Å². The summed E-state index contributed by atoms with van der Waals surface area (Å²) in [5.74, 6) is 0. The molecule has 0 bridgehead atoms. The Morgan fingerprint density at radius 1 is 1.53 bits per heavy atom. The average molecular weight is 249 g/mol. The van der Waals surface area contributed by atoms with Crippen molar-refractivity contribution in [3.8, 4) is 0 Å². The fraction of sp³-hybridized carbons (Fsp3) is 0.0833. The van der Waals surface area contributed by atoms with E-state index in [4.69, 9.17) is 11.6 Å². The molecule has 86 valence electrons. The maximum absolute atomic E-state index is 10.8. The molecule has 5 heteroatoms. The summed E-state index contributed by atoms with van der Waals surface area (Å²) >= 11 is 6.19. The average Bonchev–Trinajstić information content (AvgIpc) is 2.32. The third-order valence-corrected chi connectivity index (χ3v) is 2.89. The number of para-hydroxylation sites is 1. The van der Waals surface area contributed by atoms with Gasteiger partial charge in [-0.25, -0.2) is 4.98 Å². The number of hydrogen-bond acceptors (Lipinski definition) is 3. The zero-order valence-electron chi connectivity index (χ0n) is 8.89. The van der Waals surface area contributed by atoms with Crippen molar-refractivity contribution >= 4 is 28.2 Å². The Morgan fingerprint density at radius 2 is 2.29 bits per heavy atom. The van der Waals surface area contributed by atoms with Gasteiger partial charge < -0.3 is 0 Å². The van der Waals surface area contributed by atoms with E-state index in [1.807, 2.05) is 0 Å². The number of halogens is 1. The highest BCUT2D eigenvalue weighted by Crippen LogP contribution is 2.31. The zero-order valence-corrected chi connectivity index (χ0v) is 9.65. The second-order valence-electron chi connectivity index (χ2n) is 3.52. The van der Waals surface area contributed by atoms with Crippen LogP contribution in [0.25, 0.3) is 10.9 Å². The van der Waals surface area contributed by atoms with Crippen LogP contribution in [0.3, 0.4) is 0 Å². The van der Waals surface area contributed by atoms with Gasteiger partial charge in [0.25, 0.3) is 5.69 Å². The normalized spacial score (nSPS) is 10.4. The Labute approximate surface area is 103 Å². The smallest absolute Gasteiger partial charge is 0.258 e. The van der Waals surface area contributed by atoms with Crippen LogP contribution in [0.1, 0.15) is 5.56 Å². The van der Waals surface area contributed by atoms with Crippen LogP contribution < -0.4 is 0 Å². The number of benzene rings is 1. The van der Waals surface area contributed by atoms with Crippen molar-refractivity contribution in [3.05, 3.63) is 57.8 Å². The van der Waals surface area contributed by atoms with Gasteiger partial charge in [0, 0.05) is 17.6 Å². The monoisotopic (exact) mass is 248 g/mol. The molecule has 2 rings (SSSR count). The predicted molar refractivity (Wildman–Crippen MR) is 67.3 cm³/mol. The van der Waals surface area contributed by atoms with Crippen molar-refractivity contribution in [1.82, 2.24) is 4.98 Å². The first-order valence-electron chi connectivity index (χ1n) is 4.96. The molecule has 0 spiro atoms. The van der Waals surface area contributed by atoms with Gasteiger partial charge in [-0.15, -0.1) is 6.58 Å². The summed E-state index contributed by atoms with van der Waals surface area (Å²) in [4.78, 5) is 14.5. The number of aromatic nitrogens is 1. The number of nitrogens with zero attached hydrogens (tertiary/aromatic N) is 2. The van der Waals surface area contributed by atoms with Crippen LogP contribution in [-0.4, -0.2) is 9.91 Å². The molecule has 0 N–H and O–H groups in total. The molecular formula is C12H9ClN2O2. The maximum atomic E-state index is 10.8. The van der Waals surface area contributed by atoms with Crippen LogP contribution in [0.15, 0.2) is 37.1 Å². The number of nitro groups is 1. The van der Waals surface area contributed by atoms with Gasteiger partial charge in [0.05, 0.1) is 9.95 Å². The van der Waals surface area contributed by atoms with E-state index >= 15 is 0 Å². The molecule has 0 aliphatic rings. The van der Waals surface area contributed by atoms with Crippen molar-refractivity contribution in [2.45, 2.75) is 6.42 Å². The Kier molecular flexibility index (Phi) is 3.06. The summed E-state index contributed by atoms with van der Waals surface area (Å²) in [7, 11) is 0. The topological polar surface area (TPSA) is 56.0 Å². The molecule has 4 nitrogen and oxygen atoms in total. The molecule has 1 aromatic carbocycles. The van der Waals surface area contributed by atoms with E-state index in [2.05, 4.69) is 11.6 Å². The minimum atomic E-state index is -0.459. The van der Waals surface area contributed by atoms with Crippen LogP contribution in [-0.2, 0) is 6.42 Å². The molecule has 0 fully saturated rings. The highest BCUT2D eigenvalue weighted by Gasteiger charge is 2.15. The first-order valence-corrected chi connectivity index (χ1v) is 5.34. The van der Waals surface area contributed by atoms with Crippen LogP contribution in [0, 0.1) is 10.1 Å². The fourth-order valence-electron chi connectivity index (χ4n) is 1.66. The van der Waals surface area contributed by atoms with Crippen LogP contribution >= 0.6 is 11.6 Å². The zero-order chi connectivity index (χ0) is 12.4. The second-order valence-corrected chi connectivity index (χ2v) is 3.90. The quantitative estimate of drug-likeness (QED) is 0.474. The Morgan fingerprint density at radius 3 is 2.94 bits per heavy atom. The van der Waals surface area contributed by atoms with Gasteiger partial charge in [-0.3, -0.25) is 10.1 Å². The fourth-order valence-corrected chi connectivity index (χ4v) is 1.94. The lowest BCUT2D eigenvalue weighted by Crippen LogP contribution is -1.94. The summed E-state index contributed by atoms with van der Waals surface area (Å²) in [6, 6.07) is 4.74. The van der Waals surface area contributed by atoms with E-state index in [9.17, 15) is 10.1 Å². The first kappa shape index (κ1) is 11.5. The predicted octanol–water partition coefficient (Wildman–Crippen LogP) is 3.52. The number of pyridine rings is 1. The molecular weight excluding hydrogens is 240 g/mol. The van der Waals surface area contributed by atoms with Gasteiger partial charge in [0.1, 0.15) is 5.52 Å². The summed E-state index contributed by atoms with van der Waals surface area (Å²) in [6.07, 6.45) is 3.86. The van der Waals surface area contributed by atoms with Crippen molar-refractivity contribution < 1.29 is 4.92 Å². The molecule has 0 radical (unpaired) electrons. The summed E-state index contributed by atoms with van der Waals surface area (Å²) in [5.41, 5.74) is 1.10. The highest BCUT2D eigenvalue weighted by atomic mass is 35.5. The Hall–Kier alpha value is -1.94. The number of allylic oxidation sites excluding steroid dienone is 1. The maximum Gasteiger partial charge on any atom is 0.295 e. The van der Waals surface area contributed by atoms with E-state index in [0.717, 1.165) is 5.56 Å². The standard InChI is InChI=1S/C12H9ClN2O2/c1-2-4-8-7-14-12-9(11(8)13)5-3-6-10(12)15(16)17/h2-3,5-7H,1,4H2. The summed E-state index contributed by atoms with van der Waals surface area (Å²) in [6.45, 7) is 3.63. The van der Waals surface area contributed by atoms with E-state index in [1.165, 1.54) is 6.07 Å². The molecule has 17 heavy (non-hydrogen) atoms. The van der Waals surface area contributed by atoms with Crippen LogP contribution in [0.5, 0.6) is 0 Å². The minimum Gasteiger partial charge on any atom is -0.258 e. The molecule has 0 aliphatic heterocycles. The van der Waals surface area contributed by atoms with Gasteiger partial charge in [0.2, 0.25) is 0 Å². The molecule has 0 amide bonds. The lowest BCUT2D eigenvalue weighted by atomic mass is 10.1. The van der Waals surface area contributed by atoms with Crippen LogP contribution in [0.2, 0.25) is 5.02 Å². The van der Waals surface area contributed by atoms with E-state index in [0.29, 0.717) is 22.3 Å². The van der Waals surface area contributed by atoms with Gasteiger partial charge >= 0.3 is 0 Å². The van der Waals surface area contributed by atoms with Gasteiger partial charge in [-0.2, -0.15) is 0 Å². The number of nitro benzene ring substituents is 1. The molecule has 2 aromatic rings. The molecule has 0 saturated carbocycles. The van der Waals surface area contributed by atoms with E-state index in [-0.39, 0.29) is 5.69 Å². The van der Waals surface area contributed by atoms with Gasteiger partial charge in [0.15, 0.2) is 0 Å². The molecule has 1 aromatic heterocycles. The lowest BCUT2D eigenvalue weighted by Gasteiger charge is -2.05. The number of hydrogen-bond donors (Lipinski definition) is 0. The molecule has 0 aliphatic carbocycles. The molecule has 0 atom stereocenters. The number of fused-ring (bicyclic) bond motifs is 1. The minimum absolute atomic E-state index is 0.0328. The Bertz CT molecular complexity index is 611.